The number of amides is 1. The van der Waals surface area contributed by atoms with E-state index in [9.17, 15) is 9.18 Å². The summed E-state index contributed by atoms with van der Waals surface area (Å²) in [6, 6.07) is 17.0. The molecule has 4 rings (SSSR count). The predicted molar refractivity (Wildman–Crippen MR) is 117 cm³/mol. The molecule has 1 aliphatic rings. The van der Waals surface area contributed by atoms with E-state index in [2.05, 4.69) is 34.6 Å². The van der Waals surface area contributed by atoms with Crippen LogP contribution < -0.4 is 5.32 Å². The lowest BCUT2D eigenvalue weighted by atomic mass is 10.0. The quantitative estimate of drug-likeness (QED) is 0.527. The summed E-state index contributed by atoms with van der Waals surface area (Å²) < 4.78 is 16.3. The lowest BCUT2D eigenvalue weighted by Crippen LogP contribution is -2.33. The van der Waals surface area contributed by atoms with E-state index in [1.807, 2.05) is 29.7 Å². The third-order valence-corrected chi connectivity index (χ3v) is 6.35. The smallest absolute Gasteiger partial charge is 0.233 e. The average Bonchev–Trinajstić information content (AvgIpc) is 3.53. The van der Waals surface area contributed by atoms with Crippen molar-refractivity contribution in [3.05, 3.63) is 66.0 Å². The molecule has 1 N–H and O–H groups in total. The maximum atomic E-state index is 14.3. The van der Waals surface area contributed by atoms with E-state index in [0.717, 1.165) is 12.8 Å². The number of carbonyl (C=O) groups excluding carboxylic acids is 1. The van der Waals surface area contributed by atoms with Crippen LogP contribution in [0.1, 0.15) is 44.2 Å². The fraction of sp³-hybridized carbons (Fsp3) is 0.348. The highest BCUT2D eigenvalue weighted by molar-refractivity contribution is 8.00. The van der Waals surface area contributed by atoms with Gasteiger partial charge in [0.1, 0.15) is 5.82 Å². The standard InChI is InChI=1S/C23H25FN4OS/c1-15(17-8-4-3-5-9-17)14-25-22(29)16(2)30-23-27-26-21(28(23)18-12-13-18)19-10-6-7-11-20(19)24/h3-11,15-16,18H,12-14H2,1-2H3,(H,25,29)/t15-,16+/m1/s1. The van der Waals surface area contributed by atoms with E-state index in [0.29, 0.717) is 23.1 Å². The van der Waals surface area contributed by atoms with Gasteiger partial charge in [-0.1, -0.05) is 61.2 Å². The molecule has 0 bridgehead atoms. The van der Waals surface area contributed by atoms with Crippen LogP contribution in [0.2, 0.25) is 0 Å². The Balaban J connectivity index is 1.44. The normalized spacial score (nSPS) is 15.6. The van der Waals surface area contributed by atoms with Crippen LogP contribution >= 0.6 is 11.8 Å². The summed E-state index contributed by atoms with van der Waals surface area (Å²) in [5.74, 6) is 0.406. The zero-order chi connectivity index (χ0) is 21.1. The van der Waals surface area contributed by atoms with Crippen LogP contribution in [0.4, 0.5) is 4.39 Å². The number of nitrogens with zero attached hydrogens (tertiary/aromatic N) is 3. The van der Waals surface area contributed by atoms with Gasteiger partial charge in [0.15, 0.2) is 11.0 Å². The molecule has 30 heavy (non-hydrogen) atoms. The first kappa shape index (κ1) is 20.6. The van der Waals surface area contributed by atoms with Gasteiger partial charge in [0.25, 0.3) is 0 Å². The van der Waals surface area contributed by atoms with Crippen molar-refractivity contribution in [2.45, 2.75) is 49.1 Å². The number of aromatic nitrogens is 3. The number of benzene rings is 2. The maximum Gasteiger partial charge on any atom is 0.233 e. The topological polar surface area (TPSA) is 59.8 Å². The van der Waals surface area contributed by atoms with Gasteiger partial charge < -0.3 is 5.32 Å². The van der Waals surface area contributed by atoms with Gasteiger partial charge in [-0.2, -0.15) is 0 Å². The van der Waals surface area contributed by atoms with E-state index >= 15 is 0 Å². The van der Waals surface area contributed by atoms with E-state index in [1.54, 1.807) is 18.2 Å². The molecule has 0 saturated heterocycles. The van der Waals surface area contributed by atoms with Crippen LogP contribution in [-0.2, 0) is 4.79 Å². The van der Waals surface area contributed by atoms with Crippen molar-refractivity contribution < 1.29 is 9.18 Å². The second-order valence-corrected chi connectivity index (χ2v) is 9.01. The molecule has 7 heteroatoms. The first-order valence-electron chi connectivity index (χ1n) is 10.2. The van der Waals surface area contributed by atoms with Gasteiger partial charge in [0, 0.05) is 12.6 Å². The molecule has 1 saturated carbocycles. The summed E-state index contributed by atoms with van der Waals surface area (Å²) in [6.45, 7) is 4.53. The average molecular weight is 425 g/mol. The number of hydrogen-bond acceptors (Lipinski definition) is 4. The Bertz CT molecular complexity index is 1020. The van der Waals surface area contributed by atoms with Crippen molar-refractivity contribution in [3.8, 4) is 11.4 Å². The lowest BCUT2D eigenvalue weighted by molar-refractivity contribution is -0.120. The highest BCUT2D eigenvalue weighted by atomic mass is 32.2. The van der Waals surface area contributed by atoms with Crippen molar-refractivity contribution in [2.75, 3.05) is 6.54 Å². The minimum Gasteiger partial charge on any atom is -0.355 e. The zero-order valence-corrected chi connectivity index (χ0v) is 17.9. The van der Waals surface area contributed by atoms with Crippen LogP contribution in [0, 0.1) is 5.82 Å². The molecular weight excluding hydrogens is 399 g/mol. The van der Waals surface area contributed by atoms with Crippen molar-refractivity contribution in [3.63, 3.8) is 0 Å². The molecule has 0 aliphatic heterocycles. The molecule has 1 amide bonds. The summed E-state index contributed by atoms with van der Waals surface area (Å²) in [5, 5.41) is 11.9. The fourth-order valence-electron chi connectivity index (χ4n) is 3.35. The number of hydrogen-bond donors (Lipinski definition) is 1. The van der Waals surface area contributed by atoms with Crippen LogP contribution in [0.3, 0.4) is 0 Å². The van der Waals surface area contributed by atoms with Gasteiger partial charge >= 0.3 is 0 Å². The van der Waals surface area contributed by atoms with Crippen molar-refractivity contribution >= 4 is 17.7 Å². The first-order valence-corrected chi connectivity index (χ1v) is 11.1. The molecule has 1 aromatic heterocycles. The molecule has 5 nitrogen and oxygen atoms in total. The molecular formula is C23H25FN4OS. The Hall–Kier alpha value is -2.67. The SMILES string of the molecule is C[C@H](Sc1nnc(-c2ccccc2F)n1C1CC1)C(=O)NC[C@@H](C)c1ccccc1. The number of halogens is 1. The zero-order valence-electron chi connectivity index (χ0n) is 17.1. The third kappa shape index (κ3) is 4.56. The molecule has 0 spiro atoms. The van der Waals surface area contributed by atoms with Gasteiger partial charge in [-0.15, -0.1) is 10.2 Å². The molecule has 1 aliphatic carbocycles. The van der Waals surface area contributed by atoms with Crippen LogP contribution in [0.25, 0.3) is 11.4 Å². The Morgan fingerprint density at radius 1 is 1.13 bits per heavy atom. The van der Waals surface area contributed by atoms with Gasteiger partial charge in [-0.25, -0.2) is 4.39 Å². The lowest BCUT2D eigenvalue weighted by Gasteiger charge is -2.16. The third-order valence-electron chi connectivity index (χ3n) is 5.29. The van der Waals surface area contributed by atoms with E-state index in [1.165, 1.54) is 23.4 Å². The summed E-state index contributed by atoms with van der Waals surface area (Å²) in [7, 11) is 0. The minimum absolute atomic E-state index is 0.0411. The Morgan fingerprint density at radius 3 is 2.53 bits per heavy atom. The Morgan fingerprint density at radius 2 is 1.83 bits per heavy atom. The summed E-state index contributed by atoms with van der Waals surface area (Å²) >= 11 is 1.37. The Labute approximate surface area is 180 Å². The van der Waals surface area contributed by atoms with Crippen LogP contribution in [-0.4, -0.2) is 32.5 Å². The number of carbonyl (C=O) groups is 1. The van der Waals surface area contributed by atoms with E-state index in [-0.39, 0.29) is 28.9 Å². The highest BCUT2D eigenvalue weighted by Crippen LogP contribution is 2.42. The molecule has 2 aromatic carbocycles. The van der Waals surface area contributed by atoms with Gasteiger partial charge in [-0.3, -0.25) is 9.36 Å². The van der Waals surface area contributed by atoms with E-state index < -0.39 is 0 Å². The number of nitrogens with one attached hydrogen (secondary N) is 1. The number of rotatable bonds is 8. The minimum atomic E-state index is -0.330. The van der Waals surface area contributed by atoms with Crippen LogP contribution in [0.5, 0.6) is 0 Å². The summed E-state index contributed by atoms with van der Waals surface area (Å²) in [5.41, 5.74) is 1.64. The van der Waals surface area contributed by atoms with E-state index in [4.69, 9.17) is 0 Å². The highest BCUT2D eigenvalue weighted by Gasteiger charge is 2.32. The number of thioether (sulfide) groups is 1. The summed E-state index contributed by atoms with van der Waals surface area (Å²) in [4.78, 5) is 12.7. The maximum absolute atomic E-state index is 14.3. The molecule has 1 fully saturated rings. The monoisotopic (exact) mass is 424 g/mol. The predicted octanol–water partition coefficient (Wildman–Crippen LogP) is 4.82. The largest absolute Gasteiger partial charge is 0.355 e. The Kier molecular flexibility index (Phi) is 6.18. The van der Waals surface area contributed by atoms with Gasteiger partial charge in [0.2, 0.25) is 5.91 Å². The van der Waals surface area contributed by atoms with Crippen LogP contribution in [0.15, 0.2) is 59.8 Å². The van der Waals surface area contributed by atoms with Gasteiger partial charge in [-0.05, 0) is 43.4 Å². The molecule has 0 unspecified atom stereocenters. The first-order chi connectivity index (χ1) is 14.5. The van der Waals surface area contributed by atoms with Crippen molar-refractivity contribution in [1.29, 1.82) is 0 Å². The molecule has 0 radical (unpaired) electrons. The fourth-order valence-corrected chi connectivity index (χ4v) is 4.30. The molecule has 156 valence electrons. The van der Waals surface area contributed by atoms with Crippen molar-refractivity contribution in [2.24, 2.45) is 0 Å². The second-order valence-electron chi connectivity index (χ2n) is 7.70. The summed E-state index contributed by atoms with van der Waals surface area (Å²) in [6.07, 6.45) is 2.03. The van der Waals surface area contributed by atoms with Gasteiger partial charge in [0.05, 0.1) is 10.8 Å². The van der Waals surface area contributed by atoms with Crippen molar-refractivity contribution in [1.82, 2.24) is 20.1 Å². The molecule has 3 aromatic rings. The molecule has 1 heterocycles. The second kappa shape index (κ2) is 9.00. The molecule has 2 atom stereocenters.